The van der Waals surface area contributed by atoms with Gasteiger partial charge in [0.1, 0.15) is 6.04 Å². The molecule has 0 saturated carbocycles. The predicted molar refractivity (Wildman–Crippen MR) is 102 cm³/mol. The van der Waals surface area contributed by atoms with Crippen molar-refractivity contribution in [2.24, 2.45) is 0 Å². The van der Waals surface area contributed by atoms with Gasteiger partial charge in [-0.05, 0) is 36.6 Å². The van der Waals surface area contributed by atoms with Crippen LogP contribution in [0.25, 0.3) is 0 Å². The number of nitrogens with zero attached hydrogens (tertiary/aromatic N) is 1. The lowest BCUT2D eigenvalue weighted by Gasteiger charge is -2.18. The molecule has 0 bridgehead atoms. The van der Waals surface area contributed by atoms with Gasteiger partial charge in [-0.15, -0.1) is 0 Å². The van der Waals surface area contributed by atoms with Crippen molar-refractivity contribution >= 4 is 35.0 Å². The summed E-state index contributed by atoms with van der Waals surface area (Å²) in [5.41, 5.74) is 0.661. The summed E-state index contributed by atoms with van der Waals surface area (Å²) in [7, 11) is 0. The van der Waals surface area contributed by atoms with E-state index in [1.165, 1.54) is 18.2 Å². The number of hydrogen-bond donors (Lipinski definition) is 2. The highest BCUT2D eigenvalue weighted by atomic mass is 32.2. The van der Waals surface area contributed by atoms with Gasteiger partial charge in [0.05, 0.1) is 4.92 Å². The van der Waals surface area contributed by atoms with Crippen LogP contribution in [0, 0.1) is 10.1 Å². The van der Waals surface area contributed by atoms with Crippen LogP contribution >= 0.6 is 11.8 Å². The van der Waals surface area contributed by atoms with Gasteiger partial charge < -0.3 is 10.6 Å². The maximum atomic E-state index is 12.6. The summed E-state index contributed by atoms with van der Waals surface area (Å²) >= 11 is 1.56. The molecule has 2 rings (SSSR count). The molecule has 8 heteroatoms. The standard InChI is InChI=1S/C18H19N3O4S/c1-26-11-10-16(20-17(22)13-6-3-2-4-7-13)18(23)19-14-8-5-9-15(12-14)21(24)25/h2-9,12,16H,10-11H2,1H3,(H,19,23)(H,20,22)/t16-/m1/s1. The van der Waals surface area contributed by atoms with Gasteiger partial charge in [0.2, 0.25) is 5.91 Å². The van der Waals surface area contributed by atoms with E-state index in [-0.39, 0.29) is 11.6 Å². The van der Waals surface area contributed by atoms with E-state index in [4.69, 9.17) is 0 Å². The van der Waals surface area contributed by atoms with Crippen molar-refractivity contribution in [3.63, 3.8) is 0 Å². The molecular formula is C18H19N3O4S. The Kier molecular flexibility index (Phi) is 7.16. The van der Waals surface area contributed by atoms with Crippen LogP contribution < -0.4 is 10.6 Å². The number of rotatable bonds is 8. The first-order valence-electron chi connectivity index (χ1n) is 7.91. The Morgan fingerprint density at radius 3 is 2.54 bits per heavy atom. The summed E-state index contributed by atoms with van der Waals surface area (Å²) < 4.78 is 0. The summed E-state index contributed by atoms with van der Waals surface area (Å²) in [5, 5.41) is 16.2. The zero-order valence-corrected chi connectivity index (χ0v) is 15.0. The number of carbonyl (C=O) groups is 2. The van der Waals surface area contributed by atoms with Crippen LogP contribution in [0.3, 0.4) is 0 Å². The Labute approximate surface area is 155 Å². The number of carbonyl (C=O) groups excluding carboxylic acids is 2. The highest BCUT2D eigenvalue weighted by Crippen LogP contribution is 2.17. The maximum absolute atomic E-state index is 12.6. The average Bonchev–Trinajstić information content (AvgIpc) is 2.65. The monoisotopic (exact) mass is 373 g/mol. The number of hydrogen-bond acceptors (Lipinski definition) is 5. The van der Waals surface area contributed by atoms with Gasteiger partial charge in [0.15, 0.2) is 0 Å². The van der Waals surface area contributed by atoms with Crippen LogP contribution in [0.2, 0.25) is 0 Å². The van der Waals surface area contributed by atoms with Crippen molar-refractivity contribution in [3.8, 4) is 0 Å². The van der Waals surface area contributed by atoms with E-state index in [2.05, 4.69) is 10.6 Å². The maximum Gasteiger partial charge on any atom is 0.271 e. The molecule has 2 amide bonds. The Morgan fingerprint density at radius 2 is 1.88 bits per heavy atom. The van der Waals surface area contributed by atoms with E-state index in [1.54, 1.807) is 48.2 Å². The molecule has 7 nitrogen and oxygen atoms in total. The van der Waals surface area contributed by atoms with Crippen molar-refractivity contribution in [1.29, 1.82) is 0 Å². The highest BCUT2D eigenvalue weighted by molar-refractivity contribution is 7.98. The second-order valence-corrected chi connectivity index (χ2v) is 6.46. The molecule has 2 aromatic carbocycles. The third kappa shape index (κ3) is 5.59. The molecule has 0 saturated heterocycles. The summed E-state index contributed by atoms with van der Waals surface area (Å²) in [4.78, 5) is 35.2. The largest absolute Gasteiger partial charge is 0.340 e. The lowest BCUT2D eigenvalue weighted by atomic mass is 10.1. The second kappa shape index (κ2) is 9.57. The lowest BCUT2D eigenvalue weighted by molar-refractivity contribution is -0.384. The van der Waals surface area contributed by atoms with Crippen molar-refractivity contribution in [1.82, 2.24) is 5.32 Å². The van der Waals surface area contributed by atoms with Gasteiger partial charge >= 0.3 is 0 Å². The third-order valence-corrected chi connectivity index (χ3v) is 4.24. The number of amides is 2. The molecule has 0 aliphatic carbocycles. The van der Waals surface area contributed by atoms with Crippen LogP contribution in [0.5, 0.6) is 0 Å². The fraction of sp³-hybridized carbons (Fsp3) is 0.222. The van der Waals surface area contributed by atoms with Gasteiger partial charge in [-0.25, -0.2) is 0 Å². The molecule has 1 atom stereocenters. The molecule has 0 aliphatic heterocycles. The van der Waals surface area contributed by atoms with E-state index >= 15 is 0 Å². The van der Waals surface area contributed by atoms with Gasteiger partial charge in [-0.1, -0.05) is 24.3 Å². The molecule has 2 N–H and O–H groups in total. The number of anilines is 1. The first-order chi connectivity index (χ1) is 12.5. The van der Waals surface area contributed by atoms with Gasteiger partial charge in [-0.2, -0.15) is 11.8 Å². The Bertz CT molecular complexity index is 783. The molecule has 0 unspecified atom stereocenters. The fourth-order valence-corrected chi connectivity index (χ4v) is 2.73. The van der Waals surface area contributed by atoms with E-state index in [1.807, 2.05) is 6.26 Å². The molecule has 136 valence electrons. The van der Waals surface area contributed by atoms with Crippen LogP contribution in [-0.2, 0) is 4.79 Å². The highest BCUT2D eigenvalue weighted by Gasteiger charge is 2.21. The second-order valence-electron chi connectivity index (χ2n) is 5.47. The third-order valence-electron chi connectivity index (χ3n) is 3.59. The number of non-ortho nitro benzene ring substituents is 1. The Morgan fingerprint density at radius 1 is 1.15 bits per heavy atom. The van der Waals surface area contributed by atoms with Crippen molar-refractivity contribution in [2.45, 2.75) is 12.5 Å². The minimum atomic E-state index is -0.741. The molecule has 2 aromatic rings. The number of benzene rings is 2. The van der Waals surface area contributed by atoms with Crippen LogP contribution in [0.15, 0.2) is 54.6 Å². The quantitative estimate of drug-likeness (QED) is 0.547. The Hall–Kier alpha value is -2.87. The molecule has 26 heavy (non-hydrogen) atoms. The first kappa shape index (κ1) is 19.5. The number of nitro groups is 1. The van der Waals surface area contributed by atoms with Crippen molar-refractivity contribution in [3.05, 3.63) is 70.3 Å². The molecular weight excluding hydrogens is 354 g/mol. The smallest absolute Gasteiger partial charge is 0.271 e. The summed E-state index contributed by atoms with van der Waals surface area (Å²) in [6, 6.07) is 13.6. The van der Waals surface area contributed by atoms with Crippen molar-refractivity contribution < 1.29 is 14.5 Å². The number of nitrogens with one attached hydrogen (secondary N) is 2. The Balaban J connectivity index is 2.10. The van der Waals surface area contributed by atoms with Gasteiger partial charge in [-0.3, -0.25) is 19.7 Å². The fourth-order valence-electron chi connectivity index (χ4n) is 2.26. The van der Waals surface area contributed by atoms with Gasteiger partial charge in [0.25, 0.3) is 11.6 Å². The first-order valence-corrected chi connectivity index (χ1v) is 9.31. The predicted octanol–water partition coefficient (Wildman–Crippen LogP) is 3.09. The van der Waals surface area contributed by atoms with Crippen LogP contribution in [0.4, 0.5) is 11.4 Å². The zero-order valence-electron chi connectivity index (χ0n) is 14.2. The summed E-state index contributed by atoms with van der Waals surface area (Å²) in [6.07, 6.45) is 2.36. The van der Waals surface area contributed by atoms with E-state index in [9.17, 15) is 19.7 Å². The normalized spacial score (nSPS) is 11.4. The minimum absolute atomic E-state index is 0.114. The molecule has 0 aromatic heterocycles. The molecule has 0 spiro atoms. The van der Waals surface area contributed by atoms with Crippen molar-refractivity contribution in [2.75, 3.05) is 17.3 Å². The zero-order chi connectivity index (χ0) is 18.9. The SMILES string of the molecule is CSCC[C@@H](NC(=O)c1ccccc1)C(=O)Nc1cccc([N+](=O)[O-])c1. The van der Waals surface area contributed by atoms with E-state index in [0.717, 1.165) is 0 Å². The van der Waals surface area contributed by atoms with E-state index in [0.29, 0.717) is 23.4 Å². The minimum Gasteiger partial charge on any atom is -0.340 e. The van der Waals surface area contributed by atoms with Crippen LogP contribution in [-0.4, -0.2) is 34.8 Å². The average molecular weight is 373 g/mol. The molecule has 0 aliphatic rings. The lowest BCUT2D eigenvalue weighted by Crippen LogP contribution is -2.44. The van der Waals surface area contributed by atoms with E-state index < -0.39 is 16.9 Å². The summed E-state index contributed by atoms with van der Waals surface area (Å²) in [5.74, 6) is -0.0723. The topological polar surface area (TPSA) is 101 Å². The molecule has 0 fully saturated rings. The van der Waals surface area contributed by atoms with Crippen LogP contribution in [0.1, 0.15) is 16.8 Å². The van der Waals surface area contributed by atoms with Gasteiger partial charge in [0, 0.05) is 23.4 Å². The summed E-state index contributed by atoms with van der Waals surface area (Å²) in [6.45, 7) is 0. The molecule has 0 heterocycles. The number of nitro benzene ring substituents is 1. The number of thioether (sulfide) groups is 1. The molecule has 0 radical (unpaired) electrons.